The summed E-state index contributed by atoms with van der Waals surface area (Å²) in [5.74, 6) is -0.463. The van der Waals surface area contributed by atoms with Crippen LogP contribution >= 0.6 is 0 Å². The van der Waals surface area contributed by atoms with Crippen LogP contribution < -0.4 is 0 Å². The number of carbonyl (C=O) groups is 1. The van der Waals surface area contributed by atoms with Gasteiger partial charge in [0.2, 0.25) is 0 Å². The minimum atomic E-state index is -0.955. The van der Waals surface area contributed by atoms with Gasteiger partial charge < -0.3 is 19.3 Å². The molecule has 0 aliphatic heterocycles. The fourth-order valence-electron chi connectivity index (χ4n) is 2.28. The van der Waals surface area contributed by atoms with Crippen molar-refractivity contribution in [2.24, 2.45) is 0 Å². The highest BCUT2D eigenvalue weighted by Gasteiger charge is 2.23. The standard InChI is InChI=1S/C20H24O5/c1-16(21)25-20(15-24-13-18-10-6-3-7-11-18)19(22)14-23-12-17-8-4-2-5-9-17/h2-11,19-20,22H,12-15H2,1H3/t19-,20-/m0/s1. The van der Waals surface area contributed by atoms with Gasteiger partial charge in [0.1, 0.15) is 6.10 Å². The normalized spacial score (nSPS) is 13.2. The van der Waals surface area contributed by atoms with E-state index in [1.165, 1.54) is 6.92 Å². The number of carbonyl (C=O) groups excluding carboxylic acids is 1. The number of ether oxygens (including phenoxy) is 3. The maximum atomic E-state index is 11.3. The van der Waals surface area contributed by atoms with Gasteiger partial charge in [0, 0.05) is 6.92 Å². The second kappa shape index (κ2) is 10.6. The molecule has 2 rings (SSSR count). The van der Waals surface area contributed by atoms with Gasteiger partial charge >= 0.3 is 5.97 Å². The topological polar surface area (TPSA) is 65.0 Å². The largest absolute Gasteiger partial charge is 0.457 e. The van der Waals surface area contributed by atoms with Gasteiger partial charge in [-0.2, -0.15) is 0 Å². The van der Waals surface area contributed by atoms with Crippen molar-refractivity contribution in [1.29, 1.82) is 0 Å². The smallest absolute Gasteiger partial charge is 0.303 e. The Morgan fingerprint density at radius 1 is 0.880 bits per heavy atom. The first-order valence-corrected chi connectivity index (χ1v) is 8.24. The van der Waals surface area contributed by atoms with Crippen molar-refractivity contribution in [2.75, 3.05) is 13.2 Å². The van der Waals surface area contributed by atoms with E-state index in [0.717, 1.165) is 11.1 Å². The van der Waals surface area contributed by atoms with E-state index >= 15 is 0 Å². The van der Waals surface area contributed by atoms with Crippen LogP contribution in [0.15, 0.2) is 60.7 Å². The van der Waals surface area contributed by atoms with Gasteiger partial charge in [-0.25, -0.2) is 0 Å². The lowest BCUT2D eigenvalue weighted by molar-refractivity contribution is -0.161. The summed E-state index contributed by atoms with van der Waals surface area (Å²) in [7, 11) is 0. The SMILES string of the molecule is CC(=O)O[C@@H](COCc1ccccc1)[C@@H](O)COCc1ccccc1. The van der Waals surface area contributed by atoms with Crippen LogP contribution in [0.1, 0.15) is 18.1 Å². The highest BCUT2D eigenvalue weighted by atomic mass is 16.6. The molecule has 5 heteroatoms. The molecule has 0 aliphatic rings. The first kappa shape index (κ1) is 19.1. The third-order valence-corrected chi connectivity index (χ3v) is 3.54. The van der Waals surface area contributed by atoms with Gasteiger partial charge in [-0.05, 0) is 11.1 Å². The zero-order valence-corrected chi connectivity index (χ0v) is 14.3. The van der Waals surface area contributed by atoms with Crippen LogP contribution in [0.4, 0.5) is 0 Å². The molecule has 2 aromatic rings. The third kappa shape index (κ3) is 7.47. The van der Waals surface area contributed by atoms with E-state index < -0.39 is 18.2 Å². The molecule has 25 heavy (non-hydrogen) atoms. The van der Waals surface area contributed by atoms with Crippen LogP contribution in [-0.2, 0) is 32.2 Å². The Morgan fingerprint density at radius 2 is 1.36 bits per heavy atom. The molecule has 0 radical (unpaired) electrons. The lowest BCUT2D eigenvalue weighted by atomic mass is 10.2. The number of rotatable bonds is 10. The molecule has 0 aliphatic carbocycles. The molecule has 0 saturated carbocycles. The summed E-state index contributed by atoms with van der Waals surface area (Å²) in [5.41, 5.74) is 2.03. The summed E-state index contributed by atoms with van der Waals surface area (Å²) in [6.07, 6.45) is -1.72. The fourth-order valence-corrected chi connectivity index (χ4v) is 2.28. The van der Waals surface area contributed by atoms with Gasteiger partial charge in [0.05, 0.1) is 26.4 Å². The molecule has 2 aromatic carbocycles. The molecule has 0 spiro atoms. The van der Waals surface area contributed by atoms with Crippen molar-refractivity contribution in [3.05, 3.63) is 71.8 Å². The third-order valence-electron chi connectivity index (χ3n) is 3.54. The van der Waals surface area contributed by atoms with E-state index in [0.29, 0.717) is 13.2 Å². The van der Waals surface area contributed by atoms with Crippen molar-refractivity contribution < 1.29 is 24.1 Å². The van der Waals surface area contributed by atoms with Crippen LogP contribution in [0.3, 0.4) is 0 Å². The first-order chi connectivity index (χ1) is 12.1. The fraction of sp³-hybridized carbons (Fsp3) is 0.350. The van der Waals surface area contributed by atoms with Crippen LogP contribution in [0.2, 0.25) is 0 Å². The van der Waals surface area contributed by atoms with Crippen molar-refractivity contribution in [2.45, 2.75) is 32.3 Å². The zero-order chi connectivity index (χ0) is 17.9. The Kier molecular flexibility index (Phi) is 8.12. The van der Waals surface area contributed by atoms with E-state index in [1.54, 1.807) is 0 Å². The Labute approximate surface area is 148 Å². The number of esters is 1. The van der Waals surface area contributed by atoms with Gasteiger partial charge in [-0.15, -0.1) is 0 Å². The molecule has 5 nitrogen and oxygen atoms in total. The van der Waals surface area contributed by atoms with E-state index in [1.807, 2.05) is 60.7 Å². The van der Waals surface area contributed by atoms with Gasteiger partial charge in [0.25, 0.3) is 0 Å². The second-order valence-electron chi connectivity index (χ2n) is 5.72. The molecule has 0 bridgehead atoms. The van der Waals surface area contributed by atoms with Crippen molar-refractivity contribution in [1.82, 2.24) is 0 Å². The molecule has 0 unspecified atom stereocenters. The van der Waals surface area contributed by atoms with Gasteiger partial charge in [0.15, 0.2) is 6.10 Å². The predicted molar refractivity (Wildman–Crippen MR) is 93.8 cm³/mol. The maximum Gasteiger partial charge on any atom is 0.303 e. The zero-order valence-electron chi connectivity index (χ0n) is 14.3. The summed E-state index contributed by atoms with van der Waals surface area (Å²) in [6.45, 7) is 2.24. The maximum absolute atomic E-state index is 11.3. The molecular weight excluding hydrogens is 320 g/mol. The Balaban J connectivity index is 1.77. The number of aliphatic hydroxyl groups is 1. The number of aliphatic hydroxyl groups excluding tert-OH is 1. The van der Waals surface area contributed by atoms with Crippen molar-refractivity contribution in [3.8, 4) is 0 Å². The number of hydrogen-bond acceptors (Lipinski definition) is 5. The van der Waals surface area contributed by atoms with E-state index in [9.17, 15) is 9.90 Å². The average molecular weight is 344 g/mol. The summed E-state index contributed by atoms with van der Waals surface area (Å²) in [5, 5.41) is 10.3. The molecule has 0 fully saturated rings. The summed E-state index contributed by atoms with van der Waals surface area (Å²) < 4.78 is 16.2. The Bertz CT molecular complexity index is 614. The summed E-state index contributed by atoms with van der Waals surface area (Å²) in [6, 6.07) is 19.3. The predicted octanol–water partition coefficient (Wildman–Crippen LogP) is 2.71. The molecule has 0 amide bonds. The monoisotopic (exact) mass is 344 g/mol. The van der Waals surface area contributed by atoms with Gasteiger partial charge in [-0.1, -0.05) is 60.7 Å². The summed E-state index contributed by atoms with van der Waals surface area (Å²) >= 11 is 0. The highest BCUT2D eigenvalue weighted by molar-refractivity contribution is 5.66. The first-order valence-electron chi connectivity index (χ1n) is 8.24. The summed E-state index contributed by atoms with van der Waals surface area (Å²) in [4.78, 5) is 11.3. The average Bonchev–Trinajstić information content (AvgIpc) is 2.62. The number of benzene rings is 2. The van der Waals surface area contributed by atoms with Crippen LogP contribution in [0.5, 0.6) is 0 Å². The molecule has 2 atom stereocenters. The molecular formula is C20H24O5. The Morgan fingerprint density at radius 3 is 1.84 bits per heavy atom. The molecule has 134 valence electrons. The quantitative estimate of drug-likeness (QED) is 0.672. The van der Waals surface area contributed by atoms with E-state index in [-0.39, 0.29) is 13.2 Å². The number of hydrogen-bond donors (Lipinski definition) is 1. The van der Waals surface area contributed by atoms with E-state index in [2.05, 4.69) is 0 Å². The highest BCUT2D eigenvalue weighted by Crippen LogP contribution is 2.08. The molecule has 0 saturated heterocycles. The van der Waals surface area contributed by atoms with Crippen molar-refractivity contribution in [3.63, 3.8) is 0 Å². The van der Waals surface area contributed by atoms with E-state index in [4.69, 9.17) is 14.2 Å². The van der Waals surface area contributed by atoms with Crippen molar-refractivity contribution >= 4 is 5.97 Å². The molecule has 1 N–H and O–H groups in total. The molecule has 0 aromatic heterocycles. The van der Waals surface area contributed by atoms with Crippen LogP contribution in [0, 0.1) is 0 Å². The second-order valence-corrected chi connectivity index (χ2v) is 5.72. The molecule has 0 heterocycles. The van der Waals surface area contributed by atoms with Gasteiger partial charge in [-0.3, -0.25) is 4.79 Å². The minimum Gasteiger partial charge on any atom is -0.457 e. The van der Waals surface area contributed by atoms with Crippen LogP contribution in [0.25, 0.3) is 0 Å². The lowest BCUT2D eigenvalue weighted by Gasteiger charge is -2.22. The van der Waals surface area contributed by atoms with Crippen LogP contribution in [-0.4, -0.2) is 36.5 Å². The lowest BCUT2D eigenvalue weighted by Crippen LogP contribution is -2.38. The Hall–Kier alpha value is -2.21. The minimum absolute atomic E-state index is 0.0571.